The van der Waals surface area contributed by atoms with E-state index < -0.39 is 17.9 Å². The van der Waals surface area contributed by atoms with E-state index in [2.05, 4.69) is 5.32 Å². The Bertz CT molecular complexity index is 1420. The monoisotopic (exact) mass is 492 g/mol. The Morgan fingerprint density at radius 3 is 2.38 bits per heavy atom. The molecule has 4 rings (SSSR count). The molecule has 0 aliphatic carbocycles. The average Bonchev–Trinajstić information content (AvgIpc) is 3.37. The first-order chi connectivity index (χ1) is 17.9. The third-order valence-corrected chi connectivity index (χ3v) is 6.02. The number of amides is 1. The number of aryl methyl sites for hydroxylation is 1. The summed E-state index contributed by atoms with van der Waals surface area (Å²) in [5.74, 6) is -1.58. The maximum absolute atomic E-state index is 12.9. The highest BCUT2D eigenvalue weighted by Crippen LogP contribution is 2.14. The van der Waals surface area contributed by atoms with Crippen LogP contribution in [0.1, 0.15) is 43.1 Å². The molecule has 0 aliphatic rings. The zero-order valence-corrected chi connectivity index (χ0v) is 20.5. The molecule has 6 nitrogen and oxygen atoms in total. The lowest BCUT2D eigenvalue weighted by Crippen LogP contribution is -2.42. The number of aliphatic carboxylic acids is 1. The molecule has 1 aromatic heterocycles. The highest BCUT2D eigenvalue weighted by molar-refractivity contribution is 6.08. The van der Waals surface area contributed by atoms with Crippen LogP contribution >= 0.6 is 0 Å². The number of carbonyl (C=O) groups excluding carboxylic acids is 2. The number of carbonyl (C=O) groups is 3. The van der Waals surface area contributed by atoms with Gasteiger partial charge in [0.05, 0.1) is 5.69 Å². The van der Waals surface area contributed by atoms with Gasteiger partial charge in [0.25, 0.3) is 5.91 Å². The van der Waals surface area contributed by atoms with Gasteiger partial charge < -0.3 is 15.0 Å². The molecular formula is C31H28N2O4. The van der Waals surface area contributed by atoms with Gasteiger partial charge in [-0.2, -0.15) is 0 Å². The van der Waals surface area contributed by atoms with Crippen molar-refractivity contribution in [3.05, 3.63) is 137 Å². The number of rotatable bonds is 10. The molecule has 0 saturated carbocycles. The summed E-state index contributed by atoms with van der Waals surface area (Å²) in [7, 11) is 0. The van der Waals surface area contributed by atoms with Gasteiger partial charge in [-0.25, -0.2) is 4.79 Å². The van der Waals surface area contributed by atoms with Gasteiger partial charge in [-0.05, 0) is 42.3 Å². The highest BCUT2D eigenvalue weighted by Gasteiger charge is 2.21. The highest BCUT2D eigenvalue weighted by atomic mass is 16.4. The topological polar surface area (TPSA) is 88.4 Å². The number of allylic oxidation sites excluding steroid dienone is 1. The summed E-state index contributed by atoms with van der Waals surface area (Å²) < 4.78 is 1.87. The Morgan fingerprint density at radius 2 is 1.65 bits per heavy atom. The Morgan fingerprint density at radius 1 is 0.892 bits per heavy atom. The van der Waals surface area contributed by atoms with Gasteiger partial charge in [-0.1, -0.05) is 84.4 Å². The van der Waals surface area contributed by atoms with E-state index >= 15 is 0 Å². The van der Waals surface area contributed by atoms with Crippen molar-refractivity contribution in [2.24, 2.45) is 0 Å². The lowest BCUT2D eigenvalue weighted by atomic mass is 10.0. The number of ketones is 1. The first kappa shape index (κ1) is 25.4. The third kappa shape index (κ3) is 6.70. The van der Waals surface area contributed by atoms with Crippen molar-refractivity contribution in [1.29, 1.82) is 0 Å². The van der Waals surface area contributed by atoms with E-state index in [1.165, 1.54) is 0 Å². The van der Waals surface area contributed by atoms with Crippen LogP contribution in [0, 0.1) is 6.92 Å². The molecule has 0 saturated heterocycles. The van der Waals surface area contributed by atoms with Gasteiger partial charge in [-0.3, -0.25) is 9.59 Å². The van der Waals surface area contributed by atoms with Crippen LogP contribution in [0.3, 0.4) is 0 Å². The molecule has 0 aliphatic heterocycles. The van der Waals surface area contributed by atoms with Crippen molar-refractivity contribution in [2.75, 3.05) is 0 Å². The van der Waals surface area contributed by atoms with Crippen molar-refractivity contribution in [1.82, 2.24) is 9.88 Å². The first-order valence-electron chi connectivity index (χ1n) is 12.0. The molecule has 0 unspecified atom stereocenters. The van der Waals surface area contributed by atoms with Crippen LogP contribution in [0.25, 0.3) is 6.08 Å². The summed E-state index contributed by atoms with van der Waals surface area (Å²) in [4.78, 5) is 37.4. The molecule has 0 radical (unpaired) electrons. The summed E-state index contributed by atoms with van der Waals surface area (Å²) in [6, 6.07) is 26.3. The SMILES string of the molecule is Cc1ccc(C(=O)c2cccn2C/C=C/c2cccc(C(=O)N[C@@H](Cc3ccccc3)C(=O)O)c2)cc1. The van der Waals surface area contributed by atoms with E-state index in [0.717, 1.165) is 16.7 Å². The number of nitrogens with zero attached hydrogens (tertiary/aromatic N) is 1. The second-order valence-corrected chi connectivity index (χ2v) is 8.82. The summed E-state index contributed by atoms with van der Waals surface area (Å²) in [5, 5.41) is 12.2. The minimum Gasteiger partial charge on any atom is -0.480 e. The summed E-state index contributed by atoms with van der Waals surface area (Å²) in [6.45, 7) is 2.46. The van der Waals surface area contributed by atoms with Gasteiger partial charge in [0.2, 0.25) is 5.78 Å². The average molecular weight is 493 g/mol. The quantitative estimate of drug-likeness (QED) is 0.299. The number of aromatic nitrogens is 1. The number of nitrogens with one attached hydrogen (secondary N) is 1. The minimum absolute atomic E-state index is 0.0412. The van der Waals surface area contributed by atoms with Crippen molar-refractivity contribution in [3.8, 4) is 0 Å². The fourth-order valence-electron chi connectivity index (χ4n) is 4.01. The zero-order chi connectivity index (χ0) is 26.2. The minimum atomic E-state index is -1.09. The van der Waals surface area contributed by atoms with Crippen molar-refractivity contribution in [3.63, 3.8) is 0 Å². The number of carboxylic acids is 1. The Kier molecular flexibility index (Phi) is 8.11. The van der Waals surface area contributed by atoms with E-state index in [0.29, 0.717) is 23.4 Å². The largest absolute Gasteiger partial charge is 0.480 e. The second-order valence-electron chi connectivity index (χ2n) is 8.82. The number of hydrogen-bond acceptors (Lipinski definition) is 3. The van der Waals surface area contributed by atoms with Crippen LogP contribution in [0.4, 0.5) is 0 Å². The Balaban J connectivity index is 1.41. The normalized spacial score (nSPS) is 11.8. The summed E-state index contributed by atoms with van der Waals surface area (Å²) in [6.07, 6.45) is 5.84. The van der Waals surface area contributed by atoms with Gasteiger partial charge in [-0.15, -0.1) is 0 Å². The van der Waals surface area contributed by atoms with Crippen molar-refractivity contribution >= 4 is 23.7 Å². The van der Waals surface area contributed by atoms with Crippen LogP contribution in [0.5, 0.6) is 0 Å². The van der Waals surface area contributed by atoms with Gasteiger partial charge >= 0.3 is 5.97 Å². The van der Waals surface area contributed by atoms with E-state index in [9.17, 15) is 19.5 Å². The second kappa shape index (κ2) is 11.8. The van der Waals surface area contributed by atoms with Crippen LogP contribution in [0.2, 0.25) is 0 Å². The molecule has 186 valence electrons. The van der Waals surface area contributed by atoms with Crippen LogP contribution in [-0.2, 0) is 17.8 Å². The number of hydrogen-bond donors (Lipinski definition) is 2. The maximum Gasteiger partial charge on any atom is 0.326 e. The van der Waals surface area contributed by atoms with Gasteiger partial charge in [0.1, 0.15) is 6.04 Å². The van der Waals surface area contributed by atoms with Gasteiger partial charge in [0.15, 0.2) is 0 Å². The first-order valence-corrected chi connectivity index (χ1v) is 12.0. The third-order valence-electron chi connectivity index (χ3n) is 6.02. The predicted molar refractivity (Wildman–Crippen MR) is 144 cm³/mol. The number of benzene rings is 3. The zero-order valence-electron chi connectivity index (χ0n) is 20.5. The van der Waals surface area contributed by atoms with E-state index in [1.807, 2.05) is 96.6 Å². The van der Waals surface area contributed by atoms with Crippen molar-refractivity contribution < 1.29 is 19.5 Å². The standard InChI is InChI=1S/C31H28N2O4/c1-22-14-16-25(17-15-22)29(34)28-13-7-19-33(28)18-6-11-23-10-5-12-26(20-23)30(35)32-27(31(36)37)21-24-8-3-2-4-9-24/h2-17,19-20,27H,18,21H2,1H3,(H,32,35)(H,36,37)/b11-6+/t27-/m0/s1. The lowest BCUT2D eigenvalue weighted by Gasteiger charge is -2.15. The fourth-order valence-corrected chi connectivity index (χ4v) is 4.01. The molecule has 0 bridgehead atoms. The molecular weight excluding hydrogens is 464 g/mol. The molecule has 37 heavy (non-hydrogen) atoms. The molecule has 0 spiro atoms. The number of carboxylic acid groups (broad SMARTS) is 1. The molecule has 2 N–H and O–H groups in total. The van der Waals surface area contributed by atoms with Crippen LogP contribution in [0.15, 0.2) is 103 Å². The summed E-state index contributed by atoms with van der Waals surface area (Å²) >= 11 is 0. The van der Waals surface area contributed by atoms with E-state index in [1.54, 1.807) is 24.3 Å². The summed E-state index contributed by atoms with van der Waals surface area (Å²) in [5.41, 5.74) is 4.33. The van der Waals surface area contributed by atoms with Crippen LogP contribution in [-0.4, -0.2) is 33.4 Å². The molecule has 1 heterocycles. The lowest BCUT2D eigenvalue weighted by molar-refractivity contribution is -0.139. The van der Waals surface area contributed by atoms with E-state index in [-0.39, 0.29) is 12.2 Å². The van der Waals surface area contributed by atoms with E-state index in [4.69, 9.17) is 0 Å². The maximum atomic E-state index is 12.9. The Labute approximate surface area is 215 Å². The van der Waals surface area contributed by atoms with Crippen LogP contribution < -0.4 is 5.32 Å². The predicted octanol–water partition coefficient (Wildman–Crippen LogP) is 5.17. The molecule has 1 amide bonds. The molecule has 4 aromatic rings. The molecule has 1 atom stereocenters. The van der Waals surface area contributed by atoms with Crippen molar-refractivity contribution in [2.45, 2.75) is 25.9 Å². The molecule has 0 fully saturated rings. The molecule has 3 aromatic carbocycles. The smallest absolute Gasteiger partial charge is 0.326 e. The fraction of sp³-hybridized carbons (Fsp3) is 0.129. The molecule has 6 heteroatoms. The van der Waals surface area contributed by atoms with Gasteiger partial charge in [0, 0.05) is 30.3 Å². The Hall–Kier alpha value is -4.71.